The molecule has 2 aromatic rings. The molecule has 1 aliphatic rings. The molecule has 6 nitrogen and oxygen atoms in total. The van der Waals surface area contributed by atoms with Crippen LogP contribution in [0, 0.1) is 19.8 Å². The van der Waals surface area contributed by atoms with Crippen LogP contribution in [0.2, 0.25) is 0 Å². The first-order valence-corrected chi connectivity index (χ1v) is 6.97. The summed E-state index contributed by atoms with van der Waals surface area (Å²) in [6.07, 6.45) is 1.89. The fourth-order valence-corrected chi connectivity index (χ4v) is 2.41. The summed E-state index contributed by atoms with van der Waals surface area (Å²) in [5.41, 5.74) is 3.34. The highest BCUT2D eigenvalue weighted by Gasteiger charge is 2.27. The number of aromatic amines is 1. The molecule has 0 saturated carbocycles. The zero-order valence-corrected chi connectivity index (χ0v) is 11.9. The van der Waals surface area contributed by atoms with Crippen molar-refractivity contribution in [3.05, 3.63) is 35.3 Å². The van der Waals surface area contributed by atoms with Gasteiger partial charge in [-0.1, -0.05) is 0 Å². The maximum Gasteiger partial charge on any atom is 0.151 e. The molecule has 0 aliphatic carbocycles. The lowest BCUT2D eigenvalue weighted by atomic mass is 10.00. The number of aryl methyl sites for hydroxylation is 2. The molecular formula is C14H20N6. The molecule has 6 heteroatoms. The Labute approximate surface area is 118 Å². The quantitative estimate of drug-likeness (QED) is 0.851. The van der Waals surface area contributed by atoms with Gasteiger partial charge in [0.05, 0.1) is 11.9 Å². The number of hydrogen-bond donors (Lipinski definition) is 2. The fraction of sp³-hybridized carbons (Fsp3) is 0.500. The van der Waals surface area contributed by atoms with E-state index in [9.17, 15) is 0 Å². The number of anilines is 1. The predicted molar refractivity (Wildman–Crippen MR) is 77.5 cm³/mol. The molecule has 2 aromatic heterocycles. The Bertz CT molecular complexity index is 555. The van der Waals surface area contributed by atoms with Crippen LogP contribution in [0.1, 0.15) is 17.0 Å². The van der Waals surface area contributed by atoms with Gasteiger partial charge >= 0.3 is 0 Å². The minimum Gasteiger partial charge on any atom is -0.354 e. The second kappa shape index (κ2) is 5.58. The van der Waals surface area contributed by atoms with Gasteiger partial charge in [0, 0.05) is 43.4 Å². The van der Waals surface area contributed by atoms with Gasteiger partial charge in [-0.25, -0.2) is 0 Å². The van der Waals surface area contributed by atoms with Crippen molar-refractivity contribution in [3.8, 4) is 0 Å². The van der Waals surface area contributed by atoms with Gasteiger partial charge in [0.2, 0.25) is 0 Å². The molecule has 3 rings (SSSR count). The first kappa shape index (κ1) is 13.1. The number of H-pyrrole nitrogens is 1. The normalized spacial score (nSPS) is 15.4. The Morgan fingerprint density at radius 2 is 2.15 bits per heavy atom. The van der Waals surface area contributed by atoms with E-state index in [0.717, 1.165) is 43.4 Å². The van der Waals surface area contributed by atoms with Crippen molar-refractivity contribution in [2.24, 2.45) is 5.92 Å². The smallest absolute Gasteiger partial charge is 0.151 e. The molecule has 0 radical (unpaired) electrons. The molecule has 106 valence electrons. The van der Waals surface area contributed by atoms with Crippen molar-refractivity contribution in [1.29, 1.82) is 0 Å². The molecule has 0 atom stereocenters. The van der Waals surface area contributed by atoms with E-state index in [-0.39, 0.29) is 0 Å². The minimum absolute atomic E-state index is 0.685. The third-order valence-corrected chi connectivity index (χ3v) is 3.75. The number of nitrogens with zero attached hydrogens (tertiary/aromatic N) is 4. The van der Waals surface area contributed by atoms with Crippen LogP contribution >= 0.6 is 0 Å². The third kappa shape index (κ3) is 2.80. The van der Waals surface area contributed by atoms with E-state index >= 15 is 0 Å². The Hall–Kier alpha value is -1.95. The highest BCUT2D eigenvalue weighted by molar-refractivity contribution is 5.40. The third-order valence-electron chi connectivity index (χ3n) is 3.75. The highest BCUT2D eigenvalue weighted by atomic mass is 15.3. The zero-order valence-electron chi connectivity index (χ0n) is 11.9. The van der Waals surface area contributed by atoms with Crippen molar-refractivity contribution < 1.29 is 0 Å². The van der Waals surface area contributed by atoms with Crippen molar-refractivity contribution in [1.82, 2.24) is 25.7 Å². The van der Waals surface area contributed by atoms with Crippen molar-refractivity contribution >= 4 is 5.82 Å². The number of rotatable bonds is 5. The van der Waals surface area contributed by atoms with Crippen LogP contribution in [0.15, 0.2) is 18.3 Å². The van der Waals surface area contributed by atoms with Crippen LogP contribution in [-0.2, 0) is 6.54 Å². The van der Waals surface area contributed by atoms with Crippen molar-refractivity contribution in [3.63, 3.8) is 0 Å². The molecule has 2 N–H and O–H groups in total. The van der Waals surface area contributed by atoms with Gasteiger partial charge < -0.3 is 10.2 Å². The van der Waals surface area contributed by atoms with Crippen LogP contribution in [0.3, 0.4) is 0 Å². The van der Waals surface area contributed by atoms with Crippen LogP contribution in [-0.4, -0.2) is 40.0 Å². The molecule has 0 spiro atoms. The summed E-state index contributed by atoms with van der Waals surface area (Å²) in [6.45, 7) is 8.01. The van der Waals surface area contributed by atoms with Gasteiger partial charge in [-0.2, -0.15) is 10.2 Å². The fourth-order valence-electron chi connectivity index (χ4n) is 2.41. The summed E-state index contributed by atoms with van der Waals surface area (Å²) < 4.78 is 0. The van der Waals surface area contributed by atoms with Crippen molar-refractivity contribution in [2.45, 2.75) is 20.4 Å². The molecule has 1 fully saturated rings. The Morgan fingerprint density at radius 1 is 1.30 bits per heavy atom. The monoisotopic (exact) mass is 272 g/mol. The second-order valence-electron chi connectivity index (χ2n) is 5.46. The Morgan fingerprint density at radius 3 is 2.80 bits per heavy atom. The SMILES string of the molecule is Cc1ccc(N2CC(CNCc3cn[nH]c3C)C2)nn1. The summed E-state index contributed by atoms with van der Waals surface area (Å²) in [5, 5.41) is 18.8. The lowest BCUT2D eigenvalue weighted by molar-refractivity contribution is 0.381. The molecule has 1 aliphatic heterocycles. The van der Waals surface area contributed by atoms with Gasteiger partial charge in [-0.3, -0.25) is 5.10 Å². The van der Waals surface area contributed by atoms with Gasteiger partial charge in [0.25, 0.3) is 0 Å². The maximum atomic E-state index is 4.21. The van der Waals surface area contributed by atoms with Gasteiger partial charge in [-0.05, 0) is 26.0 Å². The van der Waals surface area contributed by atoms with Crippen LogP contribution < -0.4 is 10.2 Å². The highest BCUT2D eigenvalue weighted by Crippen LogP contribution is 2.21. The molecule has 0 aromatic carbocycles. The second-order valence-corrected chi connectivity index (χ2v) is 5.46. The Balaban J connectivity index is 1.40. The van der Waals surface area contributed by atoms with E-state index in [1.807, 2.05) is 32.2 Å². The first-order valence-electron chi connectivity index (χ1n) is 6.97. The number of aromatic nitrogens is 4. The van der Waals surface area contributed by atoms with Crippen molar-refractivity contribution in [2.75, 3.05) is 24.5 Å². The van der Waals surface area contributed by atoms with E-state index in [1.54, 1.807) is 0 Å². The summed E-state index contributed by atoms with van der Waals surface area (Å²) in [7, 11) is 0. The maximum absolute atomic E-state index is 4.21. The van der Waals surface area contributed by atoms with Gasteiger partial charge in [0.1, 0.15) is 0 Å². The van der Waals surface area contributed by atoms with Gasteiger partial charge in [-0.15, -0.1) is 5.10 Å². The first-order chi connectivity index (χ1) is 9.72. The summed E-state index contributed by atoms with van der Waals surface area (Å²) in [5.74, 6) is 1.67. The summed E-state index contributed by atoms with van der Waals surface area (Å²) in [6, 6.07) is 4.05. The van der Waals surface area contributed by atoms with Crippen LogP contribution in [0.4, 0.5) is 5.82 Å². The molecule has 0 amide bonds. The van der Waals surface area contributed by atoms with Crippen LogP contribution in [0.25, 0.3) is 0 Å². The molecule has 0 bridgehead atoms. The van der Waals surface area contributed by atoms with E-state index in [1.165, 1.54) is 5.56 Å². The van der Waals surface area contributed by atoms with Crippen LogP contribution in [0.5, 0.6) is 0 Å². The van der Waals surface area contributed by atoms with Gasteiger partial charge in [0.15, 0.2) is 5.82 Å². The lowest BCUT2D eigenvalue weighted by Crippen LogP contribution is -2.51. The van der Waals surface area contributed by atoms with E-state index in [0.29, 0.717) is 5.92 Å². The molecule has 20 heavy (non-hydrogen) atoms. The largest absolute Gasteiger partial charge is 0.354 e. The minimum atomic E-state index is 0.685. The predicted octanol–water partition coefficient (Wildman–Crippen LogP) is 1.04. The average molecular weight is 272 g/mol. The zero-order chi connectivity index (χ0) is 13.9. The number of nitrogens with one attached hydrogen (secondary N) is 2. The summed E-state index contributed by atoms with van der Waals surface area (Å²) >= 11 is 0. The molecular weight excluding hydrogens is 252 g/mol. The molecule has 1 saturated heterocycles. The summed E-state index contributed by atoms with van der Waals surface area (Å²) in [4.78, 5) is 2.27. The van der Waals surface area contributed by atoms with E-state index in [2.05, 4.69) is 30.6 Å². The Kier molecular flexibility index (Phi) is 3.64. The van der Waals surface area contributed by atoms with E-state index < -0.39 is 0 Å². The molecule has 0 unspecified atom stereocenters. The standard InChI is InChI=1S/C14H20N6/c1-10-3-4-14(19-17-10)20-8-12(9-20)5-15-6-13-7-16-18-11(13)2/h3-4,7,12,15H,5-6,8-9H2,1-2H3,(H,16,18). The lowest BCUT2D eigenvalue weighted by Gasteiger charge is -2.40. The number of hydrogen-bond acceptors (Lipinski definition) is 5. The topological polar surface area (TPSA) is 69.7 Å². The van der Waals surface area contributed by atoms with E-state index in [4.69, 9.17) is 0 Å². The molecule has 3 heterocycles. The average Bonchev–Trinajstić information content (AvgIpc) is 2.79.